The van der Waals surface area contributed by atoms with E-state index in [-0.39, 0.29) is 18.9 Å². The molecule has 2 fully saturated rings. The number of hydrogen-bond donors (Lipinski definition) is 5. The second-order valence-corrected chi connectivity index (χ2v) is 10.3. The van der Waals surface area contributed by atoms with Gasteiger partial charge in [-0.3, -0.25) is 19.2 Å². The fourth-order valence-corrected chi connectivity index (χ4v) is 5.31. The minimum atomic E-state index is -1.35. The molecule has 2 heterocycles. The van der Waals surface area contributed by atoms with E-state index < -0.39 is 53.6 Å². The Bertz CT molecular complexity index is 1010. The van der Waals surface area contributed by atoms with E-state index in [2.05, 4.69) is 5.32 Å². The number of carbonyl (C=O) groups is 4. The molecule has 11 heteroatoms. The fraction of sp³-hybridized carbons (Fsp3) is 0.615. The Balaban J connectivity index is 1.97. The van der Waals surface area contributed by atoms with Crippen LogP contribution in [0.4, 0.5) is 0 Å². The second-order valence-electron chi connectivity index (χ2n) is 10.3. The van der Waals surface area contributed by atoms with Crippen molar-refractivity contribution >= 4 is 23.6 Å². The van der Waals surface area contributed by atoms with E-state index in [9.17, 15) is 29.4 Å². The van der Waals surface area contributed by atoms with E-state index in [4.69, 9.17) is 11.5 Å². The molecule has 4 amide bonds. The first kappa shape index (κ1) is 28.5. The lowest BCUT2D eigenvalue weighted by Gasteiger charge is -2.41. The van der Waals surface area contributed by atoms with Crippen LogP contribution in [0, 0.1) is 6.92 Å². The summed E-state index contributed by atoms with van der Waals surface area (Å²) in [5, 5.41) is 22.5. The number of nitrogens with zero attached hydrogens (tertiary/aromatic N) is 2. The highest BCUT2D eigenvalue weighted by molar-refractivity contribution is 5.98. The maximum absolute atomic E-state index is 14.0. The van der Waals surface area contributed by atoms with Crippen molar-refractivity contribution in [1.82, 2.24) is 15.1 Å². The van der Waals surface area contributed by atoms with E-state index in [1.54, 1.807) is 0 Å². The van der Waals surface area contributed by atoms with Crippen molar-refractivity contribution in [3.8, 4) is 0 Å². The van der Waals surface area contributed by atoms with Crippen LogP contribution < -0.4 is 16.8 Å². The van der Waals surface area contributed by atoms with E-state index >= 15 is 0 Å². The standard InChI is InChI=1S/C26H39N5O6/c1-15-7-9-18(10-8-15)14-26(25(37)29-21(17(3)33)22(28)34)11-5-13-31(26)23(35)19-6-4-12-30(19)24(36)20(27)16(2)32/h7-10,16-17,19-21,32-33H,4-6,11-14,27H2,1-3H3,(H2,28,34)(H,29,37). The Morgan fingerprint density at radius 2 is 1.73 bits per heavy atom. The van der Waals surface area contributed by atoms with Crippen LogP contribution in [0.2, 0.25) is 0 Å². The average molecular weight is 518 g/mol. The van der Waals surface area contributed by atoms with Crippen molar-refractivity contribution in [3.63, 3.8) is 0 Å². The number of aliphatic hydroxyl groups is 2. The monoisotopic (exact) mass is 517 g/mol. The van der Waals surface area contributed by atoms with Gasteiger partial charge in [-0.05, 0) is 52.0 Å². The van der Waals surface area contributed by atoms with Gasteiger partial charge in [0.05, 0.1) is 12.2 Å². The highest BCUT2D eigenvalue weighted by Gasteiger charge is 2.53. The number of primary amides is 1. The summed E-state index contributed by atoms with van der Waals surface area (Å²) < 4.78 is 0. The molecule has 0 spiro atoms. The zero-order chi connectivity index (χ0) is 27.5. The maximum atomic E-state index is 14.0. The predicted molar refractivity (Wildman–Crippen MR) is 136 cm³/mol. The third kappa shape index (κ3) is 5.94. The number of nitrogens with one attached hydrogen (secondary N) is 1. The highest BCUT2D eigenvalue weighted by atomic mass is 16.3. The molecule has 0 saturated carbocycles. The number of carbonyl (C=O) groups excluding carboxylic acids is 4. The predicted octanol–water partition coefficient (Wildman–Crippen LogP) is -1.05. The summed E-state index contributed by atoms with van der Waals surface area (Å²) in [5.41, 5.74) is 11.8. The Morgan fingerprint density at radius 3 is 2.30 bits per heavy atom. The molecule has 2 aliphatic heterocycles. The molecule has 0 aromatic heterocycles. The van der Waals surface area contributed by atoms with Crippen molar-refractivity contribution in [3.05, 3.63) is 35.4 Å². The normalized spacial score (nSPS) is 24.9. The lowest BCUT2D eigenvalue weighted by molar-refractivity contribution is -0.152. The summed E-state index contributed by atoms with van der Waals surface area (Å²) in [7, 11) is 0. The van der Waals surface area contributed by atoms with E-state index in [1.165, 1.54) is 23.6 Å². The number of likely N-dealkylation sites (tertiary alicyclic amines) is 2. The quantitative estimate of drug-likeness (QED) is 0.277. The van der Waals surface area contributed by atoms with Gasteiger partial charge in [-0.1, -0.05) is 29.8 Å². The summed E-state index contributed by atoms with van der Waals surface area (Å²) in [5.74, 6) is -2.36. The molecular formula is C26H39N5O6. The van der Waals surface area contributed by atoms with Crippen molar-refractivity contribution in [2.45, 2.75) is 88.7 Å². The molecule has 37 heavy (non-hydrogen) atoms. The first-order valence-electron chi connectivity index (χ1n) is 12.8. The average Bonchev–Trinajstić information content (AvgIpc) is 3.50. The van der Waals surface area contributed by atoms with Crippen LogP contribution in [0.1, 0.15) is 50.7 Å². The molecule has 1 aromatic carbocycles. The van der Waals surface area contributed by atoms with Crippen molar-refractivity contribution in [2.75, 3.05) is 13.1 Å². The lowest BCUT2D eigenvalue weighted by atomic mass is 9.85. The molecule has 204 valence electrons. The Kier molecular flexibility index (Phi) is 8.93. The minimum absolute atomic E-state index is 0.185. The maximum Gasteiger partial charge on any atom is 0.247 e. The van der Waals surface area contributed by atoms with Gasteiger partial charge in [-0.2, -0.15) is 0 Å². The molecule has 7 N–H and O–H groups in total. The number of aryl methyl sites for hydroxylation is 1. The number of aliphatic hydroxyl groups excluding tert-OH is 2. The van der Waals surface area contributed by atoms with Gasteiger partial charge < -0.3 is 36.8 Å². The van der Waals surface area contributed by atoms with Gasteiger partial charge in [0.2, 0.25) is 23.6 Å². The smallest absolute Gasteiger partial charge is 0.247 e. The van der Waals surface area contributed by atoms with Crippen molar-refractivity contribution in [2.24, 2.45) is 11.5 Å². The van der Waals surface area contributed by atoms with Gasteiger partial charge in [-0.25, -0.2) is 0 Å². The van der Waals surface area contributed by atoms with Crippen LogP contribution in [0.25, 0.3) is 0 Å². The Labute approximate surface area is 217 Å². The van der Waals surface area contributed by atoms with Crippen LogP contribution >= 0.6 is 0 Å². The summed E-state index contributed by atoms with van der Waals surface area (Å²) in [6, 6.07) is 4.31. The Hall–Kier alpha value is -3.02. The second kappa shape index (κ2) is 11.6. The van der Waals surface area contributed by atoms with E-state index in [0.717, 1.165) is 11.1 Å². The van der Waals surface area contributed by atoms with E-state index in [0.29, 0.717) is 32.2 Å². The minimum Gasteiger partial charge on any atom is -0.391 e. The summed E-state index contributed by atoms with van der Waals surface area (Å²) in [6.45, 7) is 5.33. The largest absolute Gasteiger partial charge is 0.391 e. The molecule has 2 saturated heterocycles. The van der Waals surface area contributed by atoms with Gasteiger partial charge in [0.1, 0.15) is 23.7 Å². The molecule has 2 aliphatic rings. The molecule has 6 atom stereocenters. The number of benzene rings is 1. The molecule has 0 bridgehead atoms. The van der Waals surface area contributed by atoms with Gasteiger partial charge in [0.15, 0.2) is 0 Å². The zero-order valence-corrected chi connectivity index (χ0v) is 21.7. The summed E-state index contributed by atoms with van der Waals surface area (Å²) in [6.07, 6.45) is -0.253. The van der Waals surface area contributed by atoms with Crippen LogP contribution in [0.3, 0.4) is 0 Å². The highest BCUT2D eigenvalue weighted by Crippen LogP contribution is 2.36. The summed E-state index contributed by atoms with van der Waals surface area (Å²) in [4.78, 5) is 55.6. The molecule has 11 nitrogen and oxygen atoms in total. The first-order chi connectivity index (χ1) is 17.4. The number of nitrogens with two attached hydrogens (primary N) is 2. The van der Waals surface area contributed by atoms with Gasteiger partial charge in [0, 0.05) is 19.5 Å². The molecular weight excluding hydrogens is 478 g/mol. The number of hydrogen-bond acceptors (Lipinski definition) is 7. The SMILES string of the molecule is Cc1ccc(CC2(C(=O)NC(C(N)=O)C(C)O)CCCN2C(=O)C2CCCN2C(=O)C(N)C(C)O)cc1. The van der Waals surface area contributed by atoms with Crippen LogP contribution in [-0.4, -0.2) is 92.6 Å². The van der Waals surface area contributed by atoms with Crippen molar-refractivity contribution in [1.29, 1.82) is 0 Å². The number of rotatable bonds is 9. The molecule has 0 aliphatic carbocycles. The van der Waals surface area contributed by atoms with Gasteiger partial charge in [0.25, 0.3) is 0 Å². The molecule has 3 rings (SSSR count). The zero-order valence-electron chi connectivity index (χ0n) is 21.7. The van der Waals surface area contributed by atoms with Crippen LogP contribution in [0.5, 0.6) is 0 Å². The molecule has 0 radical (unpaired) electrons. The summed E-state index contributed by atoms with van der Waals surface area (Å²) >= 11 is 0. The lowest BCUT2D eigenvalue weighted by Crippen LogP contribution is -2.65. The first-order valence-corrected chi connectivity index (χ1v) is 12.8. The number of amides is 4. The van der Waals surface area contributed by atoms with Gasteiger partial charge >= 0.3 is 0 Å². The van der Waals surface area contributed by atoms with Crippen LogP contribution in [0.15, 0.2) is 24.3 Å². The van der Waals surface area contributed by atoms with Crippen molar-refractivity contribution < 1.29 is 29.4 Å². The molecule has 6 unspecified atom stereocenters. The molecule has 1 aromatic rings. The van der Waals surface area contributed by atoms with E-state index in [1.807, 2.05) is 31.2 Å². The Morgan fingerprint density at radius 1 is 1.08 bits per heavy atom. The van der Waals surface area contributed by atoms with Crippen LogP contribution in [-0.2, 0) is 25.6 Å². The fourth-order valence-electron chi connectivity index (χ4n) is 5.31. The van der Waals surface area contributed by atoms with Gasteiger partial charge in [-0.15, -0.1) is 0 Å². The third-order valence-electron chi connectivity index (χ3n) is 7.50. The topological polar surface area (TPSA) is 179 Å². The third-order valence-corrected chi connectivity index (χ3v) is 7.50.